The molecule has 4 rings (SSSR count). The van der Waals surface area contributed by atoms with Crippen LogP contribution in [0.5, 0.6) is 0 Å². The van der Waals surface area contributed by atoms with Crippen LogP contribution in [0.4, 0.5) is 0 Å². The second-order valence-corrected chi connectivity index (χ2v) is 6.38. The Labute approximate surface area is 146 Å². The predicted molar refractivity (Wildman–Crippen MR) is 91.0 cm³/mol. The van der Waals surface area contributed by atoms with E-state index in [1.807, 2.05) is 22.9 Å². The molecule has 1 aliphatic carbocycles. The number of pyridine rings is 1. The molecule has 7 nitrogen and oxygen atoms in total. The highest BCUT2D eigenvalue weighted by Crippen LogP contribution is 2.39. The first kappa shape index (κ1) is 16.0. The van der Waals surface area contributed by atoms with Gasteiger partial charge in [-0.15, -0.1) is 0 Å². The van der Waals surface area contributed by atoms with Gasteiger partial charge in [-0.3, -0.25) is 4.57 Å². The Balaban J connectivity index is 1.73. The normalized spacial score (nSPS) is 17.3. The average Bonchev–Trinajstić information content (AvgIpc) is 3.31. The van der Waals surface area contributed by atoms with Crippen LogP contribution in [-0.4, -0.2) is 31.8 Å². The number of ether oxygens (including phenoxy) is 1. The van der Waals surface area contributed by atoms with Gasteiger partial charge in [0.05, 0.1) is 5.56 Å². The lowest BCUT2D eigenvalue weighted by molar-refractivity contribution is -0.0520. The van der Waals surface area contributed by atoms with E-state index in [2.05, 4.69) is 20.1 Å². The summed E-state index contributed by atoms with van der Waals surface area (Å²) in [6.45, 7) is 0. The second kappa shape index (κ2) is 6.76. The van der Waals surface area contributed by atoms with Gasteiger partial charge in [0.25, 0.3) is 5.89 Å². The smallest absolute Gasteiger partial charge is 0.259 e. The van der Waals surface area contributed by atoms with E-state index in [1.165, 1.54) is 12.8 Å². The number of hydrogen-bond acceptors (Lipinski definition) is 6. The number of methoxy groups -OCH3 is 1. The molecule has 0 spiro atoms. The summed E-state index contributed by atoms with van der Waals surface area (Å²) in [5.41, 5.74) is 0.328. The van der Waals surface area contributed by atoms with Crippen LogP contribution in [0, 0.1) is 0 Å². The summed E-state index contributed by atoms with van der Waals surface area (Å²) in [5, 5.41) is 4.22. The van der Waals surface area contributed by atoms with E-state index in [0.717, 1.165) is 37.1 Å². The fourth-order valence-corrected chi connectivity index (χ4v) is 3.48. The van der Waals surface area contributed by atoms with Crippen molar-refractivity contribution < 1.29 is 9.26 Å². The molecule has 3 aromatic heterocycles. The van der Waals surface area contributed by atoms with Crippen LogP contribution in [0.25, 0.3) is 17.2 Å². The van der Waals surface area contributed by atoms with Crippen LogP contribution in [0.2, 0.25) is 0 Å². The van der Waals surface area contributed by atoms with Crippen molar-refractivity contribution in [3.8, 4) is 17.2 Å². The number of imidazole rings is 1. The zero-order valence-corrected chi connectivity index (χ0v) is 14.3. The summed E-state index contributed by atoms with van der Waals surface area (Å²) in [5.74, 6) is 1.81. The fourth-order valence-electron chi connectivity index (χ4n) is 3.48. The summed E-state index contributed by atoms with van der Waals surface area (Å²) in [7, 11) is 1.73. The molecule has 0 unspecified atom stereocenters. The summed E-state index contributed by atoms with van der Waals surface area (Å²) in [4.78, 5) is 13.2. The average molecular weight is 339 g/mol. The molecule has 0 aromatic carbocycles. The van der Waals surface area contributed by atoms with Crippen molar-refractivity contribution >= 4 is 0 Å². The Morgan fingerprint density at radius 1 is 1.16 bits per heavy atom. The van der Waals surface area contributed by atoms with Crippen molar-refractivity contribution in [2.24, 2.45) is 0 Å². The molecule has 1 fully saturated rings. The first-order chi connectivity index (χ1) is 12.3. The third-order valence-corrected chi connectivity index (χ3v) is 4.89. The van der Waals surface area contributed by atoms with Gasteiger partial charge in [-0.25, -0.2) is 9.97 Å². The monoisotopic (exact) mass is 339 g/mol. The van der Waals surface area contributed by atoms with Gasteiger partial charge in [0.1, 0.15) is 17.7 Å². The molecule has 1 saturated carbocycles. The van der Waals surface area contributed by atoms with Gasteiger partial charge in [0.2, 0.25) is 5.82 Å². The zero-order valence-electron chi connectivity index (χ0n) is 14.3. The molecule has 0 N–H and O–H groups in total. The summed E-state index contributed by atoms with van der Waals surface area (Å²) in [6, 6.07) is 3.80. The first-order valence-corrected chi connectivity index (χ1v) is 8.65. The molecule has 0 radical (unpaired) electrons. The summed E-state index contributed by atoms with van der Waals surface area (Å²) >= 11 is 0. The fraction of sp³-hybridized carbons (Fsp3) is 0.444. The van der Waals surface area contributed by atoms with Crippen LogP contribution in [0.15, 0.2) is 41.6 Å². The van der Waals surface area contributed by atoms with E-state index >= 15 is 0 Å². The minimum Gasteiger partial charge on any atom is -0.368 e. The standard InChI is InChI=1S/C18H21N5O2/c1-24-18(8-4-2-3-5-9-18)17-21-15(22-25-17)14-7-6-10-20-16(14)23-12-11-19-13-23/h6-7,10-13H,2-5,8-9H2,1H3. The molecule has 0 aliphatic heterocycles. The van der Waals surface area contributed by atoms with Crippen molar-refractivity contribution in [3.05, 3.63) is 42.9 Å². The van der Waals surface area contributed by atoms with Gasteiger partial charge >= 0.3 is 0 Å². The molecule has 0 bridgehead atoms. The van der Waals surface area contributed by atoms with E-state index in [9.17, 15) is 0 Å². The van der Waals surface area contributed by atoms with Gasteiger partial charge in [-0.2, -0.15) is 4.98 Å². The van der Waals surface area contributed by atoms with Crippen molar-refractivity contribution in [1.82, 2.24) is 24.7 Å². The lowest BCUT2D eigenvalue weighted by atomic mass is 9.94. The molecular formula is C18H21N5O2. The third kappa shape index (κ3) is 2.95. The van der Waals surface area contributed by atoms with Crippen molar-refractivity contribution in [3.63, 3.8) is 0 Å². The minimum absolute atomic E-state index is 0.473. The summed E-state index contributed by atoms with van der Waals surface area (Å²) in [6.07, 6.45) is 13.5. The second-order valence-electron chi connectivity index (χ2n) is 6.38. The largest absolute Gasteiger partial charge is 0.368 e. The van der Waals surface area contributed by atoms with E-state index in [4.69, 9.17) is 9.26 Å². The maximum Gasteiger partial charge on any atom is 0.259 e. The maximum absolute atomic E-state index is 5.87. The molecule has 7 heteroatoms. The Morgan fingerprint density at radius 3 is 2.72 bits per heavy atom. The van der Waals surface area contributed by atoms with Gasteiger partial charge in [-0.1, -0.05) is 30.8 Å². The Hall–Kier alpha value is -2.54. The topological polar surface area (TPSA) is 78.9 Å². The van der Waals surface area contributed by atoms with Crippen LogP contribution < -0.4 is 0 Å². The van der Waals surface area contributed by atoms with Crippen molar-refractivity contribution in [1.29, 1.82) is 0 Å². The van der Waals surface area contributed by atoms with Gasteiger partial charge in [0, 0.05) is 25.7 Å². The molecule has 3 heterocycles. The quantitative estimate of drug-likeness (QED) is 0.677. The van der Waals surface area contributed by atoms with E-state index in [-0.39, 0.29) is 0 Å². The predicted octanol–water partition coefficient (Wildman–Crippen LogP) is 3.51. The lowest BCUT2D eigenvalue weighted by Crippen LogP contribution is -2.28. The Bertz CT molecular complexity index is 820. The Morgan fingerprint density at radius 2 is 2.00 bits per heavy atom. The number of hydrogen-bond donors (Lipinski definition) is 0. The van der Waals surface area contributed by atoms with Crippen LogP contribution >= 0.6 is 0 Å². The number of rotatable bonds is 4. The molecule has 0 saturated heterocycles. The molecule has 1 aliphatic rings. The van der Waals surface area contributed by atoms with Gasteiger partial charge < -0.3 is 9.26 Å². The maximum atomic E-state index is 5.87. The zero-order chi connectivity index (χ0) is 17.1. The minimum atomic E-state index is -0.473. The van der Waals surface area contributed by atoms with Crippen molar-refractivity contribution in [2.75, 3.05) is 7.11 Å². The van der Waals surface area contributed by atoms with E-state index < -0.39 is 5.60 Å². The van der Waals surface area contributed by atoms with Crippen LogP contribution in [0.3, 0.4) is 0 Å². The van der Waals surface area contributed by atoms with Crippen LogP contribution in [-0.2, 0) is 10.3 Å². The number of nitrogens with zero attached hydrogens (tertiary/aromatic N) is 5. The molecule has 25 heavy (non-hydrogen) atoms. The highest BCUT2D eigenvalue weighted by molar-refractivity contribution is 5.63. The molecule has 130 valence electrons. The molecule has 0 amide bonds. The lowest BCUT2D eigenvalue weighted by Gasteiger charge is -2.26. The Kier molecular flexibility index (Phi) is 4.31. The van der Waals surface area contributed by atoms with Crippen molar-refractivity contribution in [2.45, 2.75) is 44.1 Å². The number of aromatic nitrogens is 5. The highest BCUT2D eigenvalue weighted by Gasteiger charge is 2.38. The van der Waals surface area contributed by atoms with Crippen LogP contribution in [0.1, 0.15) is 44.4 Å². The third-order valence-electron chi connectivity index (χ3n) is 4.89. The van der Waals surface area contributed by atoms with E-state index in [1.54, 1.807) is 25.8 Å². The summed E-state index contributed by atoms with van der Waals surface area (Å²) < 4.78 is 13.3. The molecule has 3 aromatic rings. The highest BCUT2D eigenvalue weighted by atomic mass is 16.5. The molecular weight excluding hydrogens is 318 g/mol. The van der Waals surface area contributed by atoms with E-state index in [0.29, 0.717) is 11.7 Å². The van der Waals surface area contributed by atoms with Gasteiger partial charge in [0.15, 0.2) is 0 Å². The first-order valence-electron chi connectivity index (χ1n) is 8.65. The van der Waals surface area contributed by atoms with Gasteiger partial charge in [-0.05, 0) is 25.0 Å². The SMILES string of the molecule is COC1(c2nc(-c3cccnc3-n3ccnc3)no2)CCCCCC1. The molecule has 0 atom stereocenters.